The van der Waals surface area contributed by atoms with E-state index in [0.717, 1.165) is 26.1 Å². The van der Waals surface area contributed by atoms with Gasteiger partial charge >= 0.3 is 6.03 Å². The Hall–Kier alpha value is -1.03. The van der Waals surface area contributed by atoms with Crippen LogP contribution in [0, 0.1) is 0 Å². The molecular formula is C18H40N2O2. The van der Waals surface area contributed by atoms with E-state index in [1.54, 1.807) is 23.6 Å². The second-order valence-corrected chi connectivity index (χ2v) is 5.41. The van der Waals surface area contributed by atoms with Crippen LogP contribution in [0.2, 0.25) is 0 Å². The Morgan fingerprint density at radius 1 is 1.14 bits per heavy atom. The highest BCUT2D eigenvalue weighted by Gasteiger charge is 2.30. The molecule has 0 aromatic carbocycles. The number of hydrogen-bond donors (Lipinski definition) is 1. The van der Waals surface area contributed by atoms with Crippen LogP contribution >= 0.6 is 0 Å². The summed E-state index contributed by atoms with van der Waals surface area (Å²) in [7, 11) is 0. The number of urea groups is 1. The fraction of sp³-hybridized carbons (Fsp3) is 0.833. The molecule has 1 heterocycles. The van der Waals surface area contributed by atoms with Gasteiger partial charge in [0.05, 0.1) is 12.1 Å². The number of rotatable bonds is 4. The second-order valence-electron chi connectivity index (χ2n) is 5.41. The first-order valence-electron chi connectivity index (χ1n) is 8.61. The van der Waals surface area contributed by atoms with E-state index in [4.69, 9.17) is 0 Å². The molecule has 22 heavy (non-hydrogen) atoms. The van der Waals surface area contributed by atoms with Gasteiger partial charge in [0.15, 0.2) is 0 Å². The molecule has 0 atom stereocenters. The fourth-order valence-electron chi connectivity index (χ4n) is 1.54. The summed E-state index contributed by atoms with van der Waals surface area (Å²) in [4.78, 5) is 15.0. The Balaban J connectivity index is -0.000000338. The lowest BCUT2D eigenvalue weighted by atomic mass is 10.1. The average Bonchev–Trinajstić information content (AvgIpc) is 2.82. The van der Waals surface area contributed by atoms with Crippen LogP contribution in [0.5, 0.6) is 0 Å². The molecule has 0 bridgehead atoms. The lowest BCUT2D eigenvalue weighted by Gasteiger charge is -2.25. The second kappa shape index (κ2) is 14.9. The minimum absolute atomic E-state index is 0.0459. The smallest absolute Gasteiger partial charge is 0.320 e. The van der Waals surface area contributed by atoms with Gasteiger partial charge in [-0.3, -0.25) is 0 Å². The highest BCUT2D eigenvalue weighted by molar-refractivity contribution is 5.76. The zero-order valence-electron chi connectivity index (χ0n) is 16.5. The lowest BCUT2D eigenvalue weighted by molar-refractivity contribution is 0.0513. The number of aliphatic hydroxyl groups is 1. The summed E-state index contributed by atoms with van der Waals surface area (Å²) in [5.74, 6) is 0. The van der Waals surface area contributed by atoms with Gasteiger partial charge in [-0.15, -0.1) is 6.58 Å². The molecular weight excluding hydrogens is 276 g/mol. The largest absolute Gasteiger partial charge is 0.389 e. The Bertz CT molecular complexity index is 283. The zero-order valence-corrected chi connectivity index (χ0v) is 16.5. The molecule has 0 saturated carbocycles. The Labute approximate surface area is 139 Å². The van der Waals surface area contributed by atoms with Gasteiger partial charge in [0.2, 0.25) is 0 Å². The summed E-state index contributed by atoms with van der Waals surface area (Å²) in [6, 6.07) is 0.0459. The van der Waals surface area contributed by atoms with E-state index < -0.39 is 5.60 Å². The van der Waals surface area contributed by atoms with Crippen LogP contribution in [-0.2, 0) is 0 Å². The number of carbonyl (C=O) groups is 1. The number of hydrogen-bond acceptors (Lipinski definition) is 2. The standard InChI is InChI=1S/C9H18N2O2.C5H10.2C2H6/c1-4-10-5-6-11(8(10)12)7-9(2,3)13;1-4-5(2)3;2*1-2/h13H,4-7H2,1-3H3;2,4H2,1,3H3;2*1-2H3. The van der Waals surface area contributed by atoms with E-state index in [0.29, 0.717) is 6.54 Å². The van der Waals surface area contributed by atoms with Crippen LogP contribution in [0.1, 0.15) is 68.7 Å². The van der Waals surface area contributed by atoms with Crippen LogP contribution in [-0.4, -0.2) is 52.7 Å². The van der Waals surface area contributed by atoms with Gasteiger partial charge in [-0.25, -0.2) is 4.79 Å². The number of likely N-dealkylation sites (N-methyl/N-ethyl adjacent to an activating group) is 1. The molecule has 1 fully saturated rings. The van der Waals surface area contributed by atoms with Crippen molar-refractivity contribution in [2.75, 3.05) is 26.2 Å². The fourth-order valence-corrected chi connectivity index (χ4v) is 1.54. The molecule has 4 heteroatoms. The number of amides is 2. The van der Waals surface area contributed by atoms with Crippen molar-refractivity contribution in [3.8, 4) is 0 Å². The van der Waals surface area contributed by atoms with Crippen molar-refractivity contribution in [2.24, 2.45) is 0 Å². The predicted octanol–water partition coefficient (Wildman–Crippen LogP) is 4.54. The molecule has 1 saturated heterocycles. The molecule has 1 N–H and O–H groups in total. The van der Waals surface area contributed by atoms with Crippen molar-refractivity contribution in [2.45, 2.75) is 74.3 Å². The maximum Gasteiger partial charge on any atom is 0.320 e. The van der Waals surface area contributed by atoms with Crippen molar-refractivity contribution in [3.63, 3.8) is 0 Å². The Morgan fingerprint density at radius 3 is 1.73 bits per heavy atom. The minimum atomic E-state index is -0.792. The van der Waals surface area contributed by atoms with Gasteiger partial charge in [-0.1, -0.05) is 40.2 Å². The summed E-state index contributed by atoms with van der Waals surface area (Å²) in [6.07, 6.45) is 1.11. The van der Waals surface area contributed by atoms with E-state index in [1.165, 1.54) is 5.57 Å². The monoisotopic (exact) mass is 316 g/mol. The summed E-state index contributed by atoms with van der Waals surface area (Å²) < 4.78 is 0. The molecule has 0 unspecified atom stereocenters. The van der Waals surface area contributed by atoms with Crippen LogP contribution in [0.4, 0.5) is 4.79 Å². The molecule has 134 valence electrons. The average molecular weight is 317 g/mol. The number of carbonyl (C=O) groups excluding carboxylic acids is 1. The first-order valence-corrected chi connectivity index (χ1v) is 8.61. The van der Waals surface area contributed by atoms with E-state index in [9.17, 15) is 9.90 Å². The molecule has 2 amide bonds. The molecule has 0 spiro atoms. The Kier molecular flexibility index (Phi) is 17.5. The van der Waals surface area contributed by atoms with Gasteiger partial charge in [0.1, 0.15) is 0 Å². The third-order valence-corrected chi connectivity index (χ3v) is 2.74. The van der Waals surface area contributed by atoms with Crippen molar-refractivity contribution >= 4 is 6.03 Å². The van der Waals surface area contributed by atoms with Gasteiger partial charge < -0.3 is 14.9 Å². The van der Waals surface area contributed by atoms with Gasteiger partial charge in [-0.05, 0) is 34.1 Å². The first kappa shape index (κ1) is 25.9. The first-order chi connectivity index (χ1) is 10.2. The maximum absolute atomic E-state index is 11.6. The van der Waals surface area contributed by atoms with Crippen molar-refractivity contribution in [1.29, 1.82) is 0 Å². The maximum atomic E-state index is 11.6. The third-order valence-electron chi connectivity index (χ3n) is 2.74. The zero-order chi connectivity index (χ0) is 18.3. The van der Waals surface area contributed by atoms with Crippen molar-refractivity contribution in [3.05, 3.63) is 12.2 Å². The highest BCUT2D eigenvalue weighted by atomic mass is 16.3. The molecule has 0 aromatic rings. The predicted molar refractivity (Wildman–Crippen MR) is 98.3 cm³/mol. The quantitative estimate of drug-likeness (QED) is 0.774. The molecule has 1 aliphatic rings. The van der Waals surface area contributed by atoms with Crippen molar-refractivity contribution in [1.82, 2.24) is 9.80 Å². The number of allylic oxidation sites excluding steroid dienone is 1. The molecule has 0 aliphatic carbocycles. The number of β-amino-alcohol motifs (C(OH)–C–C–N with tert-alkyl or cyclic N) is 1. The van der Waals surface area contributed by atoms with Gasteiger partial charge in [0, 0.05) is 19.6 Å². The Morgan fingerprint density at radius 2 is 1.50 bits per heavy atom. The van der Waals surface area contributed by atoms with E-state index in [2.05, 4.69) is 13.5 Å². The topological polar surface area (TPSA) is 43.8 Å². The van der Waals surface area contributed by atoms with Gasteiger partial charge in [-0.2, -0.15) is 0 Å². The van der Waals surface area contributed by atoms with Crippen LogP contribution in [0.25, 0.3) is 0 Å². The molecule has 1 rings (SSSR count). The van der Waals surface area contributed by atoms with E-state index in [1.807, 2.05) is 41.5 Å². The normalized spacial score (nSPS) is 13.3. The van der Waals surface area contributed by atoms with Crippen LogP contribution in [0.15, 0.2) is 12.2 Å². The number of nitrogens with zero attached hydrogens (tertiary/aromatic N) is 2. The molecule has 4 nitrogen and oxygen atoms in total. The van der Waals surface area contributed by atoms with Crippen LogP contribution < -0.4 is 0 Å². The van der Waals surface area contributed by atoms with Gasteiger partial charge in [0.25, 0.3) is 0 Å². The summed E-state index contributed by atoms with van der Waals surface area (Å²) >= 11 is 0. The molecule has 0 aromatic heterocycles. The van der Waals surface area contributed by atoms with E-state index in [-0.39, 0.29) is 6.03 Å². The SMILES string of the molecule is C=C(C)CC.CC.CC.CCN1CCN(CC(C)(C)O)C1=O. The minimum Gasteiger partial charge on any atom is -0.389 e. The third kappa shape index (κ3) is 13.9. The summed E-state index contributed by atoms with van der Waals surface area (Å²) in [5.41, 5.74) is 0.462. The summed E-state index contributed by atoms with van der Waals surface area (Å²) in [5, 5.41) is 9.54. The summed E-state index contributed by atoms with van der Waals surface area (Å²) in [6.45, 7) is 23.9. The molecule has 1 aliphatic heterocycles. The highest BCUT2D eigenvalue weighted by Crippen LogP contribution is 2.12. The lowest BCUT2D eigenvalue weighted by Crippen LogP contribution is -2.41. The van der Waals surface area contributed by atoms with Crippen LogP contribution in [0.3, 0.4) is 0 Å². The van der Waals surface area contributed by atoms with E-state index >= 15 is 0 Å². The van der Waals surface area contributed by atoms with Crippen molar-refractivity contribution < 1.29 is 9.90 Å². The molecule has 0 radical (unpaired) electrons.